The molecule has 0 atom stereocenters. The van der Waals surface area contributed by atoms with Crippen LogP contribution in [-0.2, 0) is 0 Å². The number of rotatable bonds is 6. The van der Waals surface area contributed by atoms with E-state index in [9.17, 15) is 0 Å². The number of hydrogen-bond donors (Lipinski definition) is 0. The van der Waals surface area contributed by atoms with Crippen LogP contribution >= 0.6 is 23.5 Å². The van der Waals surface area contributed by atoms with Gasteiger partial charge in [0, 0.05) is 37.7 Å². The van der Waals surface area contributed by atoms with Crippen molar-refractivity contribution in [1.29, 1.82) is 0 Å². The van der Waals surface area contributed by atoms with Crippen molar-refractivity contribution in [3.63, 3.8) is 0 Å². The Hall–Kier alpha value is 0.620. The molecule has 15 heavy (non-hydrogen) atoms. The molecule has 1 fully saturated rings. The van der Waals surface area contributed by atoms with Gasteiger partial charge in [0.15, 0.2) is 0 Å². The van der Waals surface area contributed by atoms with Crippen molar-refractivity contribution in [3.8, 4) is 0 Å². The quantitative estimate of drug-likeness (QED) is 0.706. The Bertz CT molecular complexity index is 140. The van der Waals surface area contributed by atoms with Crippen LogP contribution in [0, 0.1) is 0 Å². The molecule has 0 spiro atoms. The molecule has 0 aromatic heterocycles. The molecular weight excluding hydrogens is 224 g/mol. The first-order chi connectivity index (χ1) is 7.36. The minimum Gasteiger partial charge on any atom is -0.301 e. The molecule has 0 saturated carbocycles. The summed E-state index contributed by atoms with van der Waals surface area (Å²) >= 11 is 3.92. The van der Waals surface area contributed by atoms with Gasteiger partial charge in [-0.1, -0.05) is 0 Å². The predicted molar refractivity (Wildman–Crippen MR) is 74.3 cm³/mol. The second kappa shape index (κ2) is 8.74. The third-order valence-corrected chi connectivity index (χ3v) is 4.09. The molecule has 0 aromatic carbocycles. The summed E-state index contributed by atoms with van der Waals surface area (Å²) in [6.45, 7) is 7.70. The van der Waals surface area contributed by atoms with Crippen molar-refractivity contribution in [3.05, 3.63) is 0 Å². The zero-order valence-electron chi connectivity index (χ0n) is 10.1. The lowest BCUT2D eigenvalue weighted by Crippen LogP contribution is -2.33. The summed E-state index contributed by atoms with van der Waals surface area (Å²) in [4.78, 5) is 5.24. The molecule has 0 radical (unpaired) electrons. The molecule has 1 rings (SSSR count). The van der Waals surface area contributed by atoms with Gasteiger partial charge in [0.25, 0.3) is 0 Å². The Kier molecular flexibility index (Phi) is 7.97. The molecule has 1 aliphatic heterocycles. The Morgan fingerprint density at radius 2 is 1.27 bits per heavy atom. The van der Waals surface area contributed by atoms with Crippen LogP contribution in [0.3, 0.4) is 0 Å². The predicted octanol–water partition coefficient (Wildman–Crippen LogP) is 1.72. The maximum absolute atomic E-state index is 2.62. The zero-order chi connectivity index (χ0) is 10.9. The lowest BCUT2D eigenvalue weighted by Gasteiger charge is -2.21. The van der Waals surface area contributed by atoms with Crippen LogP contribution in [0.2, 0.25) is 0 Å². The molecule has 0 amide bonds. The smallest absolute Gasteiger partial charge is 0.0110 e. The number of thioether (sulfide) groups is 2. The highest BCUT2D eigenvalue weighted by molar-refractivity contribution is 7.98. The standard InChI is InChI=1S/C11H24N2S2/c1-14-10-8-12-4-3-5-13(7-6-12)9-11-15-2/h3-11H2,1-2H3. The van der Waals surface area contributed by atoms with Crippen LogP contribution in [0.5, 0.6) is 0 Å². The average Bonchev–Trinajstić information content (AvgIpc) is 2.49. The van der Waals surface area contributed by atoms with Crippen molar-refractivity contribution >= 4 is 23.5 Å². The van der Waals surface area contributed by atoms with Crippen molar-refractivity contribution < 1.29 is 0 Å². The topological polar surface area (TPSA) is 6.48 Å². The molecule has 90 valence electrons. The molecule has 1 heterocycles. The summed E-state index contributed by atoms with van der Waals surface area (Å²) in [6, 6.07) is 0. The second-order valence-electron chi connectivity index (χ2n) is 4.02. The van der Waals surface area contributed by atoms with E-state index in [1.54, 1.807) is 0 Å². The van der Waals surface area contributed by atoms with Crippen molar-refractivity contribution in [2.45, 2.75) is 6.42 Å². The van der Waals surface area contributed by atoms with Crippen LogP contribution in [0.15, 0.2) is 0 Å². The molecule has 0 unspecified atom stereocenters. The average molecular weight is 248 g/mol. The summed E-state index contributed by atoms with van der Waals surface area (Å²) in [5.41, 5.74) is 0. The van der Waals surface area contributed by atoms with Crippen molar-refractivity contribution in [2.75, 3.05) is 63.3 Å². The summed E-state index contributed by atoms with van der Waals surface area (Å²) in [5.74, 6) is 2.57. The van der Waals surface area contributed by atoms with E-state index in [1.165, 1.54) is 57.2 Å². The van der Waals surface area contributed by atoms with E-state index in [-0.39, 0.29) is 0 Å². The molecule has 0 aromatic rings. The summed E-state index contributed by atoms with van der Waals surface area (Å²) in [6.07, 6.45) is 5.74. The lowest BCUT2D eigenvalue weighted by atomic mass is 10.4. The summed E-state index contributed by atoms with van der Waals surface area (Å²) in [7, 11) is 0. The first-order valence-electron chi connectivity index (χ1n) is 5.79. The van der Waals surface area contributed by atoms with Gasteiger partial charge in [-0.15, -0.1) is 0 Å². The second-order valence-corrected chi connectivity index (χ2v) is 5.99. The highest BCUT2D eigenvalue weighted by Crippen LogP contribution is 2.05. The van der Waals surface area contributed by atoms with E-state index in [2.05, 4.69) is 22.3 Å². The summed E-state index contributed by atoms with van der Waals surface area (Å²) < 4.78 is 0. The first-order valence-corrected chi connectivity index (χ1v) is 8.58. The molecule has 0 bridgehead atoms. The monoisotopic (exact) mass is 248 g/mol. The fourth-order valence-corrected chi connectivity index (χ4v) is 2.79. The Morgan fingerprint density at radius 1 is 0.800 bits per heavy atom. The number of nitrogens with zero attached hydrogens (tertiary/aromatic N) is 2. The van der Waals surface area contributed by atoms with Crippen LogP contribution in [-0.4, -0.2) is 73.1 Å². The third kappa shape index (κ3) is 6.05. The fourth-order valence-electron chi connectivity index (χ4n) is 1.91. The molecule has 1 aliphatic rings. The van der Waals surface area contributed by atoms with Crippen LogP contribution in [0.1, 0.15) is 6.42 Å². The van der Waals surface area contributed by atoms with Gasteiger partial charge in [0.05, 0.1) is 0 Å². The highest BCUT2D eigenvalue weighted by atomic mass is 32.2. The molecule has 0 aliphatic carbocycles. The zero-order valence-corrected chi connectivity index (χ0v) is 11.7. The Labute approximate surface area is 103 Å². The Balaban J connectivity index is 2.16. The van der Waals surface area contributed by atoms with E-state index in [1.807, 2.05) is 23.5 Å². The minimum atomic E-state index is 1.27. The largest absolute Gasteiger partial charge is 0.301 e. The van der Waals surface area contributed by atoms with Crippen molar-refractivity contribution in [2.24, 2.45) is 0 Å². The maximum Gasteiger partial charge on any atom is 0.0110 e. The van der Waals surface area contributed by atoms with E-state index >= 15 is 0 Å². The van der Waals surface area contributed by atoms with Gasteiger partial charge in [0.2, 0.25) is 0 Å². The maximum atomic E-state index is 2.62. The number of hydrogen-bond acceptors (Lipinski definition) is 4. The normalized spacial score (nSPS) is 20.4. The van der Waals surface area contributed by atoms with Gasteiger partial charge in [-0.3, -0.25) is 0 Å². The lowest BCUT2D eigenvalue weighted by molar-refractivity contribution is 0.274. The highest BCUT2D eigenvalue weighted by Gasteiger charge is 2.13. The minimum absolute atomic E-state index is 1.27. The van der Waals surface area contributed by atoms with E-state index in [4.69, 9.17) is 0 Å². The molecule has 4 heteroatoms. The van der Waals surface area contributed by atoms with Gasteiger partial charge in [-0.25, -0.2) is 0 Å². The van der Waals surface area contributed by atoms with Crippen LogP contribution in [0.4, 0.5) is 0 Å². The Morgan fingerprint density at radius 3 is 1.67 bits per heavy atom. The SMILES string of the molecule is CSCCN1CCCN(CCSC)CC1. The molecule has 2 nitrogen and oxygen atoms in total. The molecular formula is C11H24N2S2. The first kappa shape index (κ1) is 13.7. The van der Waals surface area contributed by atoms with E-state index < -0.39 is 0 Å². The van der Waals surface area contributed by atoms with Crippen LogP contribution in [0.25, 0.3) is 0 Å². The molecule has 1 saturated heterocycles. The van der Waals surface area contributed by atoms with E-state index in [0.717, 1.165) is 0 Å². The van der Waals surface area contributed by atoms with E-state index in [0.29, 0.717) is 0 Å². The molecule has 0 N–H and O–H groups in total. The van der Waals surface area contributed by atoms with Gasteiger partial charge >= 0.3 is 0 Å². The van der Waals surface area contributed by atoms with Gasteiger partial charge in [0.1, 0.15) is 0 Å². The third-order valence-electron chi connectivity index (χ3n) is 2.90. The van der Waals surface area contributed by atoms with Gasteiger partial charge < -0.3 is 9.80 Å². The van der Waals surface area contributed by atoms with Gasteiger partial charge in [-0.2, -0.15) is 23.5 Å². The van der Waals surface area contributed by atoms with Crippen molar-refractivity contribution in [1.82, 2.24) is 9.80 Å². The van der Waals surface area contributed by atoms with Gasteiger partial charge in [-0.05, 0) is 32.0 Å². The van der Waals surface area contributed by atoms with Crippen LogP contribution < -0.4 is 0 Å². The fraction of sp³-hybridized carbons (Fsp3) is 1.00. The summed E-state index contributed by atoms with van der Waals surface area (Å²) in [5, 5.41) is 0.